The Kier molecular flexibility index (Phi) is 3.41. The number of aryl methyl sites for hydroxylation is 1. The average molecular weight is 277 g/mol. The van der Waals surface area contributed by atoms with E-state index in [2.05, 4.69) is 32.7 Å². The third kappa shape index (κ3) is 2.10. The first-order valence-corrected chi connectivity index (χ1v) is 6.40. The van der Waals surface area contributed by atoms with E-state index in [1.54, 1.807) is 11.3 Å². The van der Waals surface area contributed by atoms with Crippen LogP contribution in [0.25, 0.3) is 0 Å². The molecule has 78 valence electrons. The first-order valence-electron chi connectivity index (χ1n) is 4.79. The van der Waals surface area contributed by atoms with Crippen LogP contribution in [-0.4, -0.2) is 31.3 Å². The standard InChI is InChI=1S/C9H13BrN2OS/c1-2-7-8(10)14-9(11-7)12-3-5-13-6-4-12/h2-6H2,1H3. The second-order valence-electron chi connectivity index (χ2n) is 3.17. The molecule has 0 radical (unpaired) electrons. The summed E-state index contributed by atoms with van der Waals surface area (Å²) >= 11 is 5.26. The van der Waals surface area contributed by atoms with Crippen LogP contribution >= 0.6 is 27.3 Å². The highest BCUT2D eigenvalue weighted by Crippen LogP contribution is 2.31. The number of rotatable bonds is 2. The van der Waals surface area contributed by atoms with Crippen molar-refractivity contribution in [3.8, 4) is 0 Å². The molecular formula is C9H13BrN2OS. The number of hydrogen-bond donors (Lipinski definition) is 0. The SMILES string of the molecule is CCc1nc(N2CCOCC2)sc1Br. The second-order valence-corrected chi connectivity index (χ2v) is 5.47. The molecular weight excluding hydrogens is 264 g/mol. The minimum absolute atomic E-state index is 0.818. The van der Waals surface area contributed by atoms with Gasteiger partial charge in [0.25, 0.3) is 0 Å². The lowest BCUT2D eigenvalue weighted by Crippen LogP contribution is -2.36. The topological polar surface area (TPSA) is 25.4 Å². The van der Waals surface area contributed by atoms with Crippen molar-refractivity contribution in [1.29, 1.82) is 0 Å². The van der Waals surface area contributed by atoms with Crippen LogP contribution < -0.4 is 4.90 Å². The van der Waals surface area contributed by atoms with E-state index >= 15 is 0 Å². The molecule has 0 amide bonds. The van der Waals surface area contributed by atoms with E-state index in [-0.39, 0.29) is 0 Å². The fourth-order valence-corrected chi connectivity index (χ4v) is 3.17. The fraction of sp³-hybridized carbons (Fsp3) is 0.667. The quantitative estimate of drug-likeness (QED) is 0.829. The molecule has 0 aliphatic carbocycles. The van der Waals surface area contributed by atoms with E-state index in [1.807, 2.05) is 0 Å². The molecule has 1 aliphatic rings. The maximum atomic E-state index is 5.31. The van der Waals surface area contributed by atoms with Gasteiger partial charge in [0.15, 0.2) is 5.13 Å². The summed E-state index contributed by atoms with van der Waals surface area (Å²) in [6.07, 6.45) is 0.988. The summed E-state index contributed by atoms with van der Waals surface area (Å²) in [5.74, 6) is 0. The lowest BCUT2D eigenvalue weighted by molar-refractivity contribution is 0.122. The summed E-state index contributed by atoms with van der Waals surface area (Å²) in [4.78, 5) is 6.88. The molecule has 1 aromatic rings. The average Bonchev–Trinajstić information content (AvgIpc) is 2.61. The Labute approximate surface area is 96.2 Å². The number of aromatic nitrogens is 1. The molecule has 1 aliphatic heterocycles. The Morgan fingerprint density at radius 2 is 2.21 bits per heavy atom. The fourth-order valence-electron chi connectivity index (χ4n) is 1.43. The van der Waals surface area contributed by atoms with Crippen molar-refractivity contribution in [2.24, 2.45) is 0 Å². The lowest BCUT2D eigenvalue weighted by atomic mass is 10.4. The number of anilines is 1. The van der Waals surface area contributed by atoms with E-state index < -0.39 is 0 Å². The van der Waals surface area contributed by atoms with E-state index in [1.165, 1.54) is 3.79 Å². The molecule has 1 fully saturated rings. The number of ether oxygens (including phenoxy) is 1. The molecule has 2 heterocycles. The predicted octanol–water partition coefficient (Wildman–Crippen LogP) is 2.30. The molecule has 0 atom stereocenters. The van der Waals surface area contributed by atoms with Gasteiger partial charge in [0.1, 0.15) is 0 Å². The van der Waals surface area contributed by atoms with Gasteiger partial charge in [0.05, 0.1) is 22.7 Å². The van der Waals surface area contributed by atoms with Crippen LogP contribution in [-0.2, 0) is 11.2 Å². The smallest absolute Gasteiger partial charge is 0.186 e. The summed E-state index contributed by atoms with van der Waals surface area (Å²) in [5.41, 5.74) is 1.16. The zero-order chi connectivity index (χ0) is 9.97. The monoisotopic (exact) mass is 276 g/mol. The maximum Gasteiger partial charge on any atom is 0.186 e. The Morgan fingerprint density at radius 1 is 1.50 bits per heavy atom. The highest BCUT2D eigenvalue weighted by molar-refractivity contribution is 9.11. The molecule has 0 aromatic carbocycles. The summed E-state index contributed by atoms with van der Waals surface area (Å²) in [7, 11) is 0. The van der Waals surface area contributed by atoms with Crippen molar-refractivity contribution < 1.29 is 4.74 Å². The Balaban J connectivity index is 2.14. The van der Waals surface area contributed by atoms with Crippen LogP contribution in [0.5, 0.6) is 0 Å². The predicted molar refractivity (Wildman–Crippen MR) is 62.2 cm³/mol. The first-order chi connectivity index (χ1) is 6.81. The molecule has 0 saturated carbocycles. The van der Waals surface area contributed by atoms with Gasteiger partial charge in [-0.3, -0.25) is 0 Å². The van der Waals surface area contributed by atoms with E-state index in [0.717, 1.165) is 43.5 Å². The number of thiazole rings is 1. The second kappa shape index (κ2) is 4.59. The van der Waals surface area contributed by atoms with Crippen LogP contribution in [0.15, 0.2) is 3.79 Å². The molecule has 3 nitrogen and oxygen atoms in total. The van der Waals surface area contributed by atoms with Crippen LogP contribution in [0, 0.1) is 0 Å². The zero-order valence-electron chi connectivity index (χ0n) is 8.12. The summed E-state index contributed by atoms with van der Waals surface area (Å²) in [5, 5.41) is 1.12. The summed E-state index contributed by atoms with van der Waals surface area (Å²) in [6, 6.07) is 0. The van der Waals surface area contributed by atoms with Gasteiger partial charge in [0.2, 0.25) is 0 Å². The van der Waals surface area contributed by atoms with Crippen molar-refractivity contribution in [2.45, 2.75) is 13.3 Å². The third-order valence-corrected chi connectivity index (χ3v) is 4.15. The van der Waals surface area contributed by atoms with Crippen molar-refractivity contribution in [2.75, 3.05) is 31.2 Å². The zero-order valence-corrected chi connectivity index (χ0v) is 10.5. The Bertz CT molecular complexity index is 310. The molecule has 0 unspecified atom stereocenters. The summed E-state index contributed by atoms with van der Waals surface area (Å²) in [6.45, 7) is 5.69. The van der Waals surface area contributed by atoms with E-state index in [4.69, 9.17) is 4.74 Å². The van der Waals surface area contributed by atoms with Gasteiger partial charge < -0.3 is 9.64 Å². The number of nitrogens with zero attached hydrogens (tertiary/aromatic N) is 2. The highest BCUT2D eigenvalue weighted by atomic mass is 79.9. The summed E-state index contributed by atoms with van der Waals surface area (Å²) < 4.78 is 6.48. The minimum atomic E-state index is 0.818. The largest absolute Gasteiger partial charge is 0.378 e. The van der Waals surface area contributed by atoms with Gasteiger partial charge in [-0.15, -0.1) is 0 Å². The van der Waals surface area contributed by atoms with Gasteiger partial charge in [0, 0.05) is 13.1 Å². The van der Waals surface area contributed by atoms with Crippen LogP contribution in [0.4, 0.5) is 5.13 Å². The van der Waals surface area contributed by atoms with E-state index in [0.29, 0.717) is 0 Å². The van der Waals surface area contributed by atoms with Crippen molar-refractivity contribution in [3.05, 3.63) is 9.48 Å². The van der Waals surface area contributed by atoms with Crippen LogP contribution in [0.2, 0.25) is 0 Å². The maximum absolute atomic E-state index is 5.31. The lowest BCUT2D eigenvalue weighted by Gasteiger charge is -2.25. The van der Waals surface area contributed by atoms with Gasteiger partial charge in [-0.2, -0.15) is 0 Å². The van der Waals surface area contributed by atoms with Crippen LogP contribution in [0.3, 0.4) is 0 Å². The molecule has 14 heavy (non-hydrogen) atoms. The van der Waals surface area contributed by atoms with Gasteiger partial charge in [-0.25, -0.2) is 4.98 Å². The molecule has 0 N–H and O–H groups in total. The highest BCUT2D eigenvalue weighted by Gasteiger charge is 2.16. The van der Waals surface area contributed by atoms with E-state index in [9.17, 15) is 0 Å². The molecule has 0 spiro atoms. The Hall–Kier alpha value is -0.130. The van der Waals surface area contributed by atoms with Gasteiger partial charge in [-0.1, -0.05) is 18.3 Å². The van der Waals surface area contributed by atoms with Crippen LogP contribution in [0.1, 0.15) is 12.6 Å². The number of morpholine rings is 1. The van der Waals surface area contributed by atoms with Gasteiger partial charge >= 0.3 is 0 Å². The molecule has 2 rings (SSSR count). The Morgan fingerprint density at radius 3 is 2.79 bits per heavy atom. The molecule has 1 aromatic heterocycles. The molecule has 5 heteroatoms. The number of hydrogen-bond acceptors (Lipinski definition) is 4. The minimum Gasteiger partial charge on any atom is -0.378 e. The van der Waals surface area contributed by atoms with Crippen molar-refractivity contribution in [3.63, 3.8) is 0 Å². The molecule has 0 bridgehead atoms. The van der Waals surface area contributed by atoms with Gasteiger partial charge in [-0.05, 0) is 22.4 Å². The van der Waals surface area contributed by atoms with Crippen molar-refractivity contribution >= 4 is 32.4 Å². The number of halogens is 1. The van der Waals surface area contributed by atoms with Crippen molar-refractivity contribution in [1.82, 2.24) is 4.98 Å². The normalized spacial score (nSPS) is 17.4. The molecule has 1 saturated heterocycles. The first kappa shape index (κ1) is 10.4. The third-order valence-electron chi connectivity index (χ3n) is 2.25.